The zero-order chi connectivity index (χ0) is 14.2. The average molecular weight is 263 g/mol. The summed E-state index contributed by atoms with van der Waals surface area (Å²) in [4.78, 5) is 25.6. The van der Waals surface area contributed by atoms with Crippen LogP contribution in [0.15, 0.2) is 0 Å². The number of carbonyl (C=O) groups is 2. The third-order valence-electron chi connectivity index (χ3n) is 4.49. The molecule has 1 aliphatic carbocycles. The SMILES string of the molecule is CC1CCC(C#N)C(N2CC(=O)NC(=O)C2(C)C)C1. The Morgan fingerprint density at radius 2 is 2.05 bits per heavy atom. The Labute approximate surface area is 113 Å². The van der Waals surface area contributed by atoms with Gasteiger partial charge in [-0.3, -0.25) is 19.8 Å². The molecule has 2 fully saturated rings. The molecule has 2 amide bonds. The molecule has 0 spiro atoms. The highest BCUT2D eigenvalue weighted by atomic mass is 16.2. The number of rotatable bonds is 1. The van der Waals surface area contributed by atoms with Crippen molar-refractivity contribution in [2.24, 2.45) is 11.8 Å². The van der Waals surface area contributed by atoms with Gasteiger partial charge in [-0.2, -0.15) is 5.26 Å². The minimum Gasteiger partial charge on any atom is -0.294 e. The van der Waals surface area contributed by atoms with Crippen LogP contribution in [0.4, 0.5) is 0 Å². The molecule has 0 aromatic heterocycles. The fourth-order valence-electron chi connectivity index (χ4n) is 3.18. The summed E-state index contributed by atoms with van der Waals surface area (Å²) in [5.41, 5.74) is -0.731. The molecule has 104 valence electrons. The predicted octanol–water partition coefficient (Wildman–Crippen LogP) is 1.05. The normalized spacial score (nSPS) is 35.6. The van der Waals surface area contributed by atoms with E-state index in [1.165, 1.54) is 0 Å². The van der Waals surface area contributed by atoms with E-state index in [4.69, 9.17) is 0 Å². The van der Waals surface area contributed by atoms with E-state index in [-0.39, 0.29) is 30.3 Å². The van der Waals surface area contributed by atoms with Crippen molar-refractivity contribution in [3.05, 3.63) is 0 Å². The molecule has 3 atom stereocenters. The monoisotopic (exact) mass is 263 g/mol. The van der Waals surface area contributed by atoms with E-state index in [1.54, 1.807) is 0 Å². The number of nitrogens with zero attached hydrogens (tertiary/aromatic N) is 2. The number of imide groups is 1. The summed E-state index contributed by atoms with van der Waals surface area (Å²) in [6, 6.07) is 2.35. The first kappa shape index (κ1) is 14.0. The Morgan fingerprint density at radius 1 is 1.37 bits per heavy atom. The van der Waals surface area contributed by atoms with E-state index in [9.17, 15) is 14.9 Å². The van der Waals surface area contributed by atoms with Crippen LogP contribution in [-0.2, 0) is 9.59 Å². The maximum Gasteiger partial charge on any atom is 0.246 e. The first-order valence-corrected chi connectivity index (χ1v) is 6.87. The highest BCUT2D eigenvalue weighted by Gasteiger charge is 2.47. The zero-order valence-electron chi connectivity index (χ0n) is 11.8. The van der Waals surface area contributed by atoms with Gasteiger partial charge in [0.15, 0.2) is 0 Å². The number of hydrogen-bond donors (Lipinski definition) is 1. The maximum absolute atomic E-state index is 12.0. The second-order valence-corrected chi connectivity index (χ2v) is 6.29. The van der Waals surface area contributed by atoms with E-state index in [1.807, 2.05) is 18.7 Å². The standard InChI is InChI=1S/C14H21N3O2/c1-9-4-5-10(7-15)11(6-9)17-8-12(18)16-13(19)14(17,2)3/h9-11H,4-6,8H2,1-3H3,(H,16,18,19). The molecule has 0 bridgehead atoms. The van der Waals surface area contributed by atoms with Gasteiger partial charge in [-0.25, -0.2) is 0 Å². The molecular formula is C14H21N3O2. The third-order valence-corrected chi connectivity index (χ3v) is 4.49. The van der Waals surface area contributed by atoms with Crippen LogP contribution in [0.1, 0.15) is 40.0 Å². The highest BCUT2D eigenvalue weighted by Crippen LogP contribution is 2.35. The number of carbonyl (C=O) groups excluding carboxylic acids is 2. The quantitative estimate of drug-likeness (QED) is 0.718. The molecule has 1 aliphatic heterocycles. The van der Waals surface area contributed by atoms with Gasteiger partial charge in [-0.15, -0.1) is 0 Å². The Balaban J connectivity index is 2.28. The van der Waals surface area contributed by atoms with Crippen LogP contribution >= 0.6 is 0 Å². The predicted molar refractivity (Wildman–Crippen MR) is 69.8 cm³/mol. The topological polar surface area (TPSA) is 73.2 Å². The number of piperazine rings is 1. The number of amides is 2. The van der Waals surface area contributed by atoms with Crippen LogP contribution in [0.25, 0.3) is 0 Å². The number of nitriles is 1. The molecule has 0 aromatic rings. The molecule has 2 aliphatic rings. The van der Waals surface area contributed by atoms with Crippen LogP contribution in [0.3, 0.4) is 0 Å². The lowest BCUT2D eigenvalue weighted by Crippen LogP contribution is -2.67. The molecule has 1 saturated heterocycles. The molecule has 1 N–H and O–H groups in total. The molecule has 19 heavy (non-hydrogen) atoms. The van der Waals surface area contributed by atoms with E-state index in [0.717, 1.165) is 19.3 Å². The molecule has 1 heterocycles. The lowest BCUT2D eigenvalue weighted by atomic mass is 9.77. The van der Waals surface area contributed by atoms with Crippen LogP contribution < -0.4 is 5.32 Å². The van der Waals surface area contributed by atoms with Crippen molar-refractivity contribution in [1.29, 1.82) is 5.26 Å². The van der Waals surface area contributed by atoms with Crippen molar-refractivity contribution in [3.8, 4) is 6.07 Å². The van der Waals surface area contributed by atoms with Crippen molar-refractivity contribution in [3.63, 3.8) is 0 Å². The minimum absolute atomic E-state index is 0.00116. The second kappa shape index (κ2) is 4.93. The second-order valence-electron chi connectivity index (χ2n) is 6.29. The van der Waals surface area contributed by atoms with Crippen LogP contribution in [0, 0.1) is 23.2 Å². The van der Waals surface area contributed by atoms with E-state index in [2.05, 4.69) is 18.3 Å². The first-order valence-electron chi connectivity index (χ1n) is 6.87. The summed E-state index contributed by atoms with van der Waals surface area (Å²) in [7, 11) is 0. The van der Waals surface area contributed by atoms with E-state index >= 15 is 0 Å². The third kappa shape index (κ3) is 2.50. The van der Waals surface area contributed by atoms with Gasteiger partial charge in [0.2, 0.25) is 11.8 Å². The summed E-state index contributed by atoms with van der Waals surface area (Å²) in [5.74, 6) is -0.0856. The molecule has 5 nitrogen and oxygen atoms in total. The van der Waals surface area contributed by atoms with Gasteiger partial charge in [0, 0.05) is 6.04 Å². The molecular weight excluding hydrogens is 242 g/mol. The summed E-state index contributed by atoms with van der Waals surface area (Å²) in [6.07, 6.45) is 2.77. The van der Waals surface area contributed by atoms with Gasteiger partial charge < -0.3 is 0 Å². The van der Waals surface area contributed by atoms with Crippen LogP contribution in [0.5, 0.6) is 0 Å². The van der Waals surface area contributed by atoms with Gasteiger partial charge in [0.05, 0.1) is 24.1 Å². The fraction of sp³-hybridized carbons (Fsp3) is 0.786. The van der Waals surface area contributed by atoms with E-state index in [0.29, 0.717) is 5.92 Å². The molecule has 2 rings (SSSR count). The Morgan fingerprint density at radius 3 is 2.68 bits per heavy atom. The zero-order valence-corrected chi connectivity index (χ0v) is 11.8. The van der Waals surface area contributed by atoms with Crippen molar-refractivity contribution < 1.29 is 9.59 Å². The molecule has 3 unspecified atom stereocenters. The smallest absolute Gasteiger partial charge is 0.246 e. The minimum atomic E-state index is -0.731. The van der Waals surface area contributed by atoms with Crippen molar-refractivity contribution in [1.82, 2.24) is 10.2 Å². The van der Waals surface area contributed by atoms with E-state index < -0.39 is 5.54 Å². The first-order chi connectivity index (χ1) is 8.86. The molecule has 0 aromatic carbocycles. The van der Waals surface area contributed by atoms with Crippen molar-refractivity contribution in [2.75, 3.05) is 6.54 Å². The van der Waals surface area contributed by atoms with Gasteiger partial charge in [-0.1, -0.05) is 6.92 Å². The summed E-state index contributed by atoms with van der Waals surface area (Å²) in [6.45, 7) is 6.01. The molecule has 0 radical (unpaired) electrons. The average Bonchev–Trinajstić information content (AvgIpc) is 2.34. The Bertz CT molecular complexity index is 438. The fourth-order valence-corrected chi connectivity index (χ4v) is 3.18. The molecule has 5 heteroatoms. The van der Waals surface area contributed by atoms with Gasteiger partial charge >= 0.3 is 0 Å². The Kier molecular flexibility index (Phi) is 3.64. The molecule has 1 saturated carbocycles. The number of nitrogens with one attached hydrogen (secondary N) is 1. The van der Waals surface area contributed by atoms with Crippen molar-refractivity contribution >= 4 is 11.8 Å². The largest absolute Gasteiger partial charge is 0.294 e. The summed E-state index contributed by atoms with van der Waals surface area (Å²) >= 11 is 0. The van der Waals surface area contributed by atoms with Gasteiger partial charge in [0.25, 0.3) is 0 Å². The van der Waals surface area contributed by atoms with Crippen molar-refractivity contribution in [2.45, 2.75) is 51.6 Å². The maximum atomic E-state index is 12.0. The highest BCUT2D eigenvalue weighted by molar-refractivity contribution is 6.03. The van der Waals surface area contributed by atoms with Gasteiger partial charge in [-0.05, 0) is 39.0 Å². The van der Waals surface area contributed by atoms with Crippen LogP contribution in [-0.4, -0.2) is 34.8 Å². The number of hydrogen-bond acceptors (Lipinski definition) is 4. The lowest BCUT2D eigenvalue weighted by molar-refractivity contribution is -0.149. The van der Waals surface area contributed by atoms with Gasteiger partial charge in [0.1, 0.15) is 0 Å². The lowest BCUT2D eigenvalue weighted by Gasteiger charge is -2.48. The van der Waals surface area contributed by atoms with Crippen LogP contribution in [0.2, 0.25) is 0 Å². The summed E-state index contributed by atoms with van der Waals surface area (Å²) < 4.78 is 0. The summed E-state index contributed by atoms with van der Waals surface area (Å²) in [5, 5.41) is 11.7. The Hall–Kier alpha value is -1.41.